The minimum Gasteiger partial charge on any atom is -0.0984 e. The first-order valence-corrected chi connectivity index (χ1v) is 9.25. The Balaban J connectivity index is 0.00000182. The van der Waals surface area contributed by atoms with Crippen molar-refractivity contribution >= 4 is 5.57 Å². The van der Waals surface area contributed by atoms with Crippen LogP contribution in [0.5, 0.6) is 0 Å². The predicted octanol–water partition coefficient (Wildman–Crippen LogP) is 8.21. The van der Waals surface area contributed by atoms with E-state index in [0.29, 0.717) is 5.92 Å². The lowest BCUT2D eigenvalue weighted by Gasteiger charge is -2.34. The van der Waals surface area contributed by atoms with Crippen LogP contribution in [0, 0.1) is 5.92 Å². The van der Waals surface area contributed by atoms with E-state index in [1.54, 1.807) is 0 Å². The summed E-state index contributed by atoms with van der Waals surface area (Å²) >= 11 is 0. The average molecular weight is 361 g/mol. The van der Waals surface area contributed by atoms with E-state index in [-0.39, 0.29) is 20.3 Å². The summed E-state index contributed by atoms with van der Waals surface area (Å²) in [6.07, 6.45) is 18.7. The molecule has 0 N–H and O–H groups in total. The zero-order chi connectivity index (χ0) is 17.9. The molecule has 0 saturated heterocycles. The van der Waals surface area contributed by atoms with Crippen molar-refractivity contribution in [2.45, 2.75) is 53.4 Å². The molecule has 0 aromatic heterocycles. The molecule has 0 aliphatic heterocycles. The highest BCUT2D eigenvalue weighted by Crippen LogP contribution is 2.53. The van der Waals surface area contributed by atoms with E-state index < -0.39 is 0 Å². The van der Waals surface area contributed by atoms with Gasteiger partial charge in [-0.05, 0) is 54.4 Å². The van der Waals surface area contributed by atoms with Crippen LogP contribution in [-0.2, 0) is 5.41 Å². The molecule has 0 radical (unpaired) electrons. The third-order valence-electron chi connectivity index (χ3n) is 5.42. The van der Waals surface area contributed by atoms with Crippen LogP contribution < -0.4 is 0 Å². The Bertz CT molecular complexity index is 797. The van der Waals surface area contributed by atoms with E-state index in [1.807, 2.05) is 6.08 Å². The lowest BCUT2D eigenvalue weighted by Crippen LogP contribution is -2.26. The Labute approximate surface area is 167 Å². The topological polar surface area (TPSA) is 0 Å². The number of rotatable bonds is 2. The summed E-state index contributed by atoms with van der Waals surface area (Å²) in [6.45, 7) is 12.8. The second-order valence-electron chi connectivity index (χ2n) is 7.18. The SMILES string of the molecule is C.C.C=CC1=C(/C=C\C)C2(CC/C=C\C(C)/C=C\C(=C)C2)c2ccccc21. The molecule has 0 heteroatoms. The van der Waals surface area contributed by atoms with Crippen molar-refractivity contribution in [2.75, 3.05) is 0 Å². The van der Waals surface area contributed by atoms with Gasteiger partial charge >= 0.3 is 0 Å². The molecule has 1 aromatic rings. The van der Waals surface area contributed by atoms with Crippen molar-refractivity contribution in [1.29, 1.82) is 0 Å². The molecule has 0 amide bonds. The molecule has 2 aliphatic carbocycles. The van der Waals surface area contributed by atoms with Crippen molar-refractivity contribution in [2.24, 2.45) is 5.92 Å². The van der Waals surface area contributed by atoms with Gasteiger partial charge in [0.25, 0.3) is 0 Å². The van der Waals surface area contributed by atoms with Gasteiger partial charge in [0.1, 0.15) is 0 Å². The van der Waals surface area contributed by atoms with Gasteiger partial charge in [0.05, 0.1) is 0 Å². The van der Waals surface area contributed by atoms with E-state index in [0.717, 1.165) is 19.3 Å². The molecule has 0 saturated carbocycles. The number of benzene rings is 1. The summed E-state index contributed by atoms with van der Waals surface area (Å²) in [7, 11) is 0. The summed E-state index contributed by atoms with van der Waals surface area (Å²) in [5, 5.41) is 0. The molecule has 27 heavy (non-hydrogen) atoms. The summed E-state index contributed by atoms with van der Waals surface area (Å²) in [6, 6.07) is 8.82. The van der Waals surface area contributed by atoms with Crippen LogP contribution in [0.4, 0.5) is 0 Å². The zero-order valence-electron chi connectivity index (χ0n) is 15.5. The lowest BCUT2D eigenvalue weighted by atomic mass is 9.69. The van der Waals surface area contributed by atoms with Crippen LogP contribution in [0.3, 0.4) is 0 Å². The highest BCUT2D eigenvalue weighted by Gasteiger charge is 2.42. The fraction of sp³-hybridized carbons (Fsp3) is 0.333. The second-order valence-corrected chi connectivity index (χ2v) is 7.18. The normalized spacial score (nSPS) is 26.9. The highest BCUT2D eigenvalue weighted by atomic mass is 14.4. The van der Waals surface area contributed by atoms with Gasteiger partial charge < -0.3 is 0 Å². The number of allylic oxidation sites excluding steroid dienone is 10. The molecule has 1 aromatic carbocycles. The quantitative estimate of drug-likeness (QED) is 0.466. The van der Waals surface area contributed by atoms with Gasteiger partial charge in [-0.1, -0.05) is 107 Å². The summed E-state index contributed by atoms with van der Waals surface area (Å²) in [4.78, 5) is 0. The molecule has 2 aliphatic rings. The van der Waals surface area contributed by atoms with Gasteiger partial charge in [0.2, 0.25) is 0 Å². The van der Waals surface area contributed by atoms with Gasteiger partial charge in [-0.3, -0.25) is 0 Å². The van der Waals surface area contributed by atoms with Crippen molar-refractivity contribution in [3.8, 4) is 0 Å². The van der Waals surface area contributed by atoms with E-state index in [4.69, 9.17) is 0 Å². The molecule has 2 unspecified atom stereocenters. The van der Waals surface area contributed by atoms with Crippen molar-refractivity contribution in [1.82, 2.24) is 0 Å². The van der Waals surface area contributed by atoms with Crippen LogP contribution in [0.1, 0.15) is 59.1 Å². The van der Waals surface area contributed by atoms with Crippen LogP contribution in [-0.4, -0.2) is 0 Å². The van der Waals surface area contributed by atoms with E-state index >= 15 is 0 Å². The molecule has 0 bridgehead atoms. The molecular formula is C27H36. The maximum atomic E-state index is 4.38. The first-order valence-electron chi connectivity index (χ1n) is 9.25. The maximum absolute atomic E-state index is 4.38. The third-order valence-corrected chi connectivity index (χ3v) is 5.42. The number of fused-ring (bicyclic) bond motifs is 2. The molecule has 1 spiro atoms. The lowest BCUT2D eigenvalue weighted by molar-refractivity contribution is 0.481. The van der Waals surface area contributed by atoms with Gasteiger partial charge in [0, 0.05) is 5.41 Å². The average Bonchev–Trinajstić information content (AvgIpc) is 2.87. The Morgan fingerprint density at radius 3 is 2.59 bits per heavy atom. The Morgan fingerprint density at radius 2 is 1.89 bits per heavy atom. The minimum atomic E-state index is -0.0149. The van der Waals surface area contributed by atoms with Crippen LogP contribution in [0.2, 0.25) is 0 Å². The molecule has 144 valence electrons. The second kappa shape index (κ2) is 9.55. The van der Waals surface area contributed by atoms with Gasteiger partial charge in [-0.25, -0.2) is 0 Å². The van der Waals surface area contributed by atoms with Crippen molar-refractivity contribution < 1.29 is 0 Å². The fourth-order valence-electron chi connectivity index (χ4n) is 4.31. The third kappa shape index (κ3) is 4.16. The Morgan fingerprint density at radius 1 is 1.15 bits per heavy atom. The smallest absolute Gasteiger partial charge is 0.0258 e. The summed E-state index contributed by atoms with van der Waals surface area (Å²) in [5.41, 5.74) is 6.61. The zero-order valence-corrected chi connectivity index (χ0v) is 15.5. The van der Waals surface area contributed by atoms with Crippen LogP contribution in [0.25, 0.3) is 5.57 Å². The highest BCUT2D eigenvalue weighted by molar-refractivity contribution is 5.88. The molecular weight excluding hydrogens is 324 g/mol. The van der Waals surface area contributed by atoms with Crippen LogP contribution in [0.15, 0.2) is 91.1 Å². The fourth-order valence-corrected chi connectivity index (χ4v) is 4.31. The molecule has 0 nitrogen and oxygen atoms in total. The number of hydrogen-bond acceptors (Lipinski definition) is 0. The predicted molar refractivity (Wildman–Crippen MR) is 124 cm³/mol. The van der Waals surface area contributed by atoms with E-state index in [9.17, 15) is 0 Å². The van der Waals surface area contributed by atoms with Crippen molar-refractivity contribution in [3.05, 3.63) is 102 Å². The van der Waals surface area contributed by atoms with Gasteiger partial charge in [-0.2, -0.15) is 0 Å². The largest absolute Gasteiger partial charge is 0.0984 e. The van der Waals surface area contributed by atoms with Crippen LogP contribution >= 0.6 is 0 Å². The number of hydrogen-bond donors (Lipinski definition) is 0. The molecule has 3 rings (SSSR count). The van der Waals surface area contributed by atoms with E-state index in [1.165, 1.54) is 27.8 Å². The standard InChI is InChI=1S/C25H28.2CH4/c1-5-11-23-21(6-2)22-13-7-8-14-24(22)25(23)17-10-9-12-19(3)15-16-20(4)18-25;;/h5-9,11-16,19H,2,4,10,17-18H2,1,3H3;2*1H4/b11-5-,12-9-,16-15-;;. The monoisotopic (exact) mass is 360 g/mol. The molecule has 0 heterocycles. The molecule has 2 atom stereocenters. The first kappa shape index (κ1) is 22.7. The Kier molecular flexibility index (Phi) is 8.03. The maximum Gasteiger partial charge on any atom is 0.0258 e. The first-order chi connectivity index (χ1) is 12.1. The summed E-state index contributed by atoms with van der Waals surface area (Å²) in [5.74, 6) is 0.468. The van der Waals surface area contributed by atoms with Gasteiger partial charge in [-0.15, -0.1) is 0 Å². The minimum absolute atomic E-state index is 0. The van der Waals surface area contributed by atoms with Gasteiger partial charge in [0.15, 0.2) is 0 Å². The van der Waals surface area contributed by atoms with E-state index in [2.05, 4.69) is 87.7 Å². The Hall–Kier alpha value is -2.34. The molecule has 0 fully saturated rings. The summed E-state index contributed by atoms with van der Waals surface area (Å²) < 4.78 is 0. The van der Waals surface area contributed by atoms with Crippen molar-refractivity contribution in [3.63, 3.8) is 0 Å².